The summed E-state index contributed by atoms with van der Waals surface area (Å²) in [6.07, 6.45) is 5.33. The first-order chi connectivity index (χ1) is 10.7. The maximum absolute atomic E-state index is 12.2. The molecule has 3 rings (SSSR count). The monoisotopic (exact) mass is 294 g/mol. The molecule has 0 saturated carbocycles. The lowest BCUT2D eigenvalue weighted by molar-refractivity contribution is -0.116. The molecule has 1 aromatic carbocycles. The third-order valence-corrected chi connectivity index (χ3v) is 3.93. The van der Waals surface area contributed by atoms with Gasteiger partial charge >= 0.3 is 0 Å². The van der Waals surface area contributed by atoms with E-state index in [0.29, 0.717) is 11.4 Å². The molecule has 0 spiro atoms. The van der Waals surface area contributed by atoms with Crippen molar-refractivity contribution >= 4 is 17.5 Å². The van der Waals surface area contributed by atoms with Gasteiger partial charge in [0.15, 0.2) is 5.78 Å². The standard InChI is InChI=1S/C18H18N2O2/c21-16(15-8-7-13-4-3-5-14(13)12-15)9-10-18(22)20-17-6-1-2-11-19-17/h1-2,6-8,11-12H,3-5,9-10H2,(H,19,20,22). The second kappa shape index (κ2) is 6.52. The average molecular weight is 294 g/mol. The van der Waals surface area contributed by atoms with E-state index in [1.165, 1.54) is 17.5 Å². The number of Topliss-reactive ketones (excluding diaryl/α,β-unsaturated/α-hetero) is 1. The molecule has 1 aliphatic rings. The number of carbonyl (C=O) groups is 2. The molecule has 1 amide bonds. The van der Waals surface area contributed by atoms with Gasteiger partial charge in [0.05, 0.1) is 0 Å². The number of aromatic nitrogens is 1. The minimum absolute atomic E-state index is 0.0193. The van der Waals surface area contributed by atoms with E-state index in [0.717, 1.165) is 12.8 Å². The quantitative estimate of drug-likeness (QED) is 0.862. The van der Waals surface area contributed by atoms with Crippen molar-refractivity contribution in [2.24, 2.45) is 0 Å². The molecule has 0 bridgehead atoms. The Hall–Kier alpha value is -2.49. The molecule has 0 unspecified atom stereocenters. The fourth-order valence-electron chi connectivity index (χ4n) is 2.76. The summed E-state index contributed by atoms with van der Waals surface area (Å²) < 4.78 is 0. The van der Waals surface area contributed by atoms with Crippen LogP contribution in [0.2, 0.25) is 0 Å². The fraction of sp³-hybridized carbons (Fsp3) is 0.278. The molecule has 4 nitrogen and oxygen atoms in total. The van der Waals surface area contributed by atoms with Crippen LogP contribution in [-0.2, 0) is 17.6 Å². The van der Waals surface area contributed by atoms with E-state index < -0.39 is 0 Å². The molecule has 0 fully saturated rings. The van der Waals surface area contributed by atoms with Crippen LogP contribution in [0.25, 0.3) is 0 Å². The van der Waals surface area contributed by atoms with Crippen LogP contribution < -0.4 is 5.32 Å². The molecule has 1 N–H and O–H groups in total. The number of carbonyl (C=O) groups excluding carboxylic acids is 2. The summed E-state index contributed by atoms with van der Waals surface area (Å²) in [4.78, 5) is 28.1. The Kier molecular flexibility index (Phi) is 4.28. The Morgan fingerprint density at radius 1 is 1.05 bits per heavy atom. The molecule has 1 aliphatic carbocycles. The van der Waals surface area contributed by atoms with E-state index in [1.54, 1.807) is 24.4 Å². The number of benzene rings is 1. The van der Waals surface area contributed by atoms with Crippen LogP contribution in [0.5, 0.6) is 0 Å². The van der Waals surface area contributed by atoms with Crippen molar-refractivity contribution in [1.82, 2.24) is 4.98 Å². The van der Waals surface area contributed by atoms with Gasteiger partial charge in [-0.1, -0.05) is 18.2 Å². The summed E-state index contributed by atoms with van der Waals surface area (Å²) in [5, 5.41) is 2.69. The van der Waals surface area contributed by atoms with Crippen molar-refractivity contribution in [3.63, 3.8) is 0 Å². The first-order valence-corrected chi connectivity index (χ1v) is 7.58. The highest BCUT2D eigenvalue weighted by atomic mass is 16.2. The number of aryl methyl sites for hydroxylation is 2. The Balaban J connectivity index is 1.55. The molecule has 4 heteroatoms. The predicted molar refractivity (Wildman–Crippen MR) is 84.9 cm³/mol. The highest BCUT2D eigenvalue weighted by molar-refractivity contribution is 6.00. The average Bonchev–Trinajstić information content (AvgIpc) is 3.01. The summed E-state index contributed by atoms with van der Waals surface area (Å²) in [5.74, 6) is 0.344. The number of ketones is 1. The molecule has 112 valence electrons. The largest absolute Gasteiger partial charge is 0.311 e. The lowest BCUT2D eigenvalue weighted by Gasteiger charge is -2.05. The fourth-order valence-corrected chi connectivity index (χ4v) is 2.76. The maximum atomic E-state index is 12.2. The first kappa shape index (κ1) is 14.4. The van der Waals surface area contributed by atoms with Crippen LogP contribution in [0.4, 0.5) is 5.82 Å². The number of hydrogen-bond acceptors (Lipinski definition) is 3. The smallest absolute Gasteiger partial charge is 0.225 e. The molecule has 1 heterocycles. The third kappa shape index (κ3) is 3.39. The number of hydrogen-bond donors (Lipinski definition) is 1. The molecular weight excluding hydrogens is 276 g/mol. The summed E-state index contributed by atoms with van der Waals surface area (Å²) in [6, 6.07) is 11.2. The second-order valence-corrected chi connectivity index (χ2v) is 5.52. The summed E-state index contributed by atoms with van der Waals surface area (Å²) in [5.41, 5.74) is 3.35. The molecule has 0 radical (unpaired) electrons. The minimum Gasteiger partial charge on any atom is -0.311 e. The van der Waals surface area contributed by atoms with Gasteiger partial charge in [-0.05, 0) is 48.6 Å². The first-order valence-electron chi connectivity index (χ1n) is 7.58. The lowest BCUT2D eigenvalue weighted by Crippen LogP contribution is -2.14. The Bertz CT molecular complexity index is 695. The van der Waals surface area contributed by atoms with Gasteiger partial charge < -0.3 is 5.32 Å². The zero-order chi connectivity index (χ0) is 15.4. The van der Waals surface area contributed by atoms with Crippen LogP contribution in [0.15, 0.2) is 42.6 Å². The third-order valence-electron chi connectivity index (χ3n) is 3.93. The molecule has 0 saturated heterocycles. The topological polar surface area (TPSA) is 59.1 Å². The normalized spacial score (nSPS) is 12.7. The summed E-state index contributed by atoms with van der Waals surface area (Å²) >= 11 is 0. The summed E-state index contributed by atoms with van der Waals surface area (Å²) in [7, 11) is 0. The lowest BCUT2D eigenvalue weighted by atomic mass is 10.0. The number of nitrogens with one attached hydrogen (secondary N) is 1. The zero-order valence-electron chi connectivity index (χ0n) is 12.3. The number of anilines is 1. The van der Waals surface area contributed by atoms with Crippen LogP contribution in [0.3, 0.4) is 0 Å². The number of rotatable bonds is 5. The second-order valence-electron chi connectivity index (χ2n) is 5.52. The van der Waals surface area contributed by atoms with Crippen molar-refractivity contribution < 1.29 is 9.59 Å². The molecule has 0 aliphatic heterocycles. The minimum atomic E-state index is -0.187. The van der Waals surface area contributed by atoms with Crippen LogP contribution in [0.1, 0.15) is 40.7 Å². The van der Waals surface area contributed by atoms with Crippen molar-refractivity contribution in [2.45, 2.75) is 32.1 Å². The number of nitrogens with zero attached hydrogens (tertiary/aromatic N) is 1. The Labute approximate surface area is 129 Å². The van der Waals surface area contributed by atoms with Crippen LogP contribution in [0, 0.1) is 0 Å². The zero-order valence-corrected chi connectivity index (χ0v) is 12.3. The van der Waals surface area contributed by atoms with E-state index in [9.17, 15) is 9.59 Å². The van der Waals surface area contributed by atoms with Gasteiger partial charge in [-0.15, -0.1) is 0 Å². The molecule has 0 atom stereocenters. The van der Waals surface area contributed by atoms with E-state index in [2.05, 4.69) is 10.3 Å². The number of pyridine rings is 1. The van der Waals surface area contributed by atoms with Gasteiger partial charge in [-0.25, -0.2) is 4.98 Å². The Morgan fingerprint density at radius 3 is 2.73 bits per heavy atom. The van der Waals surface area contributed by atoms with Crippen molar-refractivity contribution in [3.05, 3.63) is 59.3 Å². The molecule has 2 aromatic rings. The molecular formula is C18H18N2O2. The molecule has 22 heavy (non-hydrogen) atoms. The summed E-state index contributed by atoms with van der Waals surface area (Å²) in [6.45, 7) is 0. The van der Waals surface area contributed by atoms with E-state index in [4.69, 9.17) is 0 Å². The van der Waals surface area contributed by atoms with Crippen LogP contribution >= 0.6 is 0 Å². The number of amides is 1. The van der Waals surface area contributed by atoms with E-state index >= 15 is 0 Å². The highest BCUT2D eigenvalue weighted by Gasteiger charge is 2.15. The Morgan fingerprint density at radius 2 is 1.91 bits per heavy atom. The number of fused-ring (bicyclic) bond motifs is 1. The molecule has 1 aromatic heterocycles. The van der Waals surface area contributed by atoms with Crippen molar-refractivity contribution in [2.75, 3.05) is 5.32 Å². The predicted octanol–water partition coefficient (Wildman–Crippen LogP) is 3.17. The van der Waals surface area contributed by atoms with Crippen molar-refractivity contribution in [3.8, 4) is 0 Å². The van der Waals surface area contributed by atoms with Crippen LogP contribution in [-0.4, -0.2) is 16.7 Å². The van der Waals surface area contributed by atoms with E-state index in [1.807, 2.05) is 18.2 Å². The van der Waals surface area contributed by atoms with Gasteiger partial charge in [-0.2, -0.15) is 0 Å². The van der Waals surface area contributed by atoms with Crippen molar-refractivity contribution in [1.29, 1.82) is 0 Å². The SMILES string of the molecule is O=C(CCC(=O)c1ccc2c(c1)CCC2)Nc1ccccn1. The van der Waals surface area contributed by atoms with Gasteiger partial charge in [0.2, 0.25) is 5.91 Å². The van der Waals surface area contributed by atoms with Gasteiger partial charge in [-0.3, -0.25) is 9.59 Å². The van der Waals surface area contributed by atoms with Gasteiger partial charge in [0.25, 0.3) is 0 Å². The highest BCUT2D eigenvalue weighted by Crippen LogP contribution is 2.23. The van der Waals surface area contributed by atoms with Gasteiger partial charge in [0, 0.05) is 24.6 Å². The maximum Gasteiger partial charge on any atom is 0.225 e. The van der Waals surface area contributed by atoms with E-state index in [-0.39, 0.29) is 24.5 Å². The van der Waals surface area contributed by atoms with Gasteiger partial charge in [0.1, 0.15) is 5.82 Å².